The fraction of sp³-hybridized carbons (Fsp3) is 0.889. The number of ketones is 1. The third-order valence-electron chi connectivity index (χ3n) is 2.44. The second kappa shape index (κ2) is 3.33. The summed E-state index contributed by atoms with van der Waals surface area (Å²) in [6, 6.07) is -0.586. The molecule has 1 aliphatic rings. The molecule has 0 aliphatic carbocycles. The first-order valence-electron chi connectivity index (χ1n) is 4.47. The summed E-state index contributed by atoms with van der Waals surface area (Å²) in [6.07, 6.45) is -0.319. The van der Waals surface area contributed by atoms with E-state index in [4.69, 9.17) is 0 Å². The van der Waals surface area contributed by atoms with Crippen LogP contribution in [-0.2, 0) is 4.79 Å². The number of carbonyl (C=O) groups excluding carboxylic acids is 1. The van der Waals surface area contributed by atoms with Gasteiger partial charge in [0.05, 0.1) is 12.6 Å². The Balaban J connectivity index is 2.77. The number of likely N-dealkylation sites (tertiary alicyclic amines) is 1. The fourth-order valence-corrected chi connectivity index (χ4v) is 1.76. The van der Waals surface area contributed by atoms with Gasteiger partial charge in [-0.05, 0) is 20.8 Å². The largest absolute Gasteiger partial charge is 0.298 e. The van der Waals surface area contributed by atoms with Crippen molar-refractivity contribution in [3.8, 4) is 0 Å². The summed E-state index contributed by atoms with van der Waals surface area (Å²) in [5, 5.41) is 0. The van der Waals surface area contributed by atoms with E-state index >= 15 is 0 Å². The van der Waals surface area contributed by atoms with E-state index in [1.54, 1.807) is 4.90 Å². The number of nitrogens with zero attached hydrogens (tertiary/aromatic N) is 1. The Hall–Kier alpha value is -0.510. The highest BCUT2D eigenvalue weighted by molar-refractivity contribution is 5.82. The van der Waals surface area contributed by atoms with Crippen LogP contribution in [0.5, 0.6) is 0 Å². The van der Waals surface area contributed by atoms with Crippen LogP contribution in [0.3, 0.4) is 0 Å². The Kier molecular flexibility index (Phi) is 2.71. The second-order valence-electron chi connectivity index (χ2n) is 3.95. The molecule has 2 nitrogen and oxygen atoms in total. The van der Waals surface area contributed by atoms with Crippen molar-refractivity contribution in [1.82, 2.24) is 4.90 Å². The van der Waals surface area contributed by atoms with Gasteiger partial charge in [-0.15, -0.1) is 0 Å². The van der Waals surface area contributed by atoms with Crippen molar-refractivity contribution in [2.75, 3.05) is 6.54 Å². The van der Waals surface area contributed by atoms with Crippen molar-refractivity contribution >= 4 is 5.78 Å². The van der Waals surface area contributed by atoms with Gasteiger partial charge < -0.3 is 0 Å². The van der Waals surface area contributed by atoms with Crippen molar-refractivity contribution in [3.63, 3.8) is 0 Å². The van der Waals surface area contributed by atoms with Crippen molar-refractivity contribution in [2.24, 2.45) is 0 Å². The molecule has 1 saturated heterocycles. The summed E-state index contributed by atoms with van der Waals surface area (Å²) in [6.45, 7) is 4.76. The minimum Gasteiger partial charge on any atom is -0.298 e. The van der Waals surface area contributed by atoms with Gasteiger partial charge in [0.2, 0.25) is 0 Å². The number of alkyl halides is 2. The summed E-state index contributed by atoms with van der Waals surface area (Å²) in [5.74, 6) is -2.86. The van der Waals surface area contributed by atoms with Gasteiger partial charge in [-0.3, -0.25) is 9.69 Å². The zero-order valence-corrected chi connectivity index (χ0v) is 8.18. The summed E-state index contributed by atoms with van der Waals surface area (Å²) in [4.78, 5) is 12.6. The minimum atomic E-state index is -2.69. The zero-order chi connectivity index (χ0) is 10.2. The Bertz CT molecular complexity index is 216. The first-order valence-corrected chi connectivity index (χ1v) is 4.47. The molecule has 4 heteroatoms. The van der Waals surface area contributed by atoms with E-state index in [0.29, 0.717) is 0 Å². The lowest BCUT2D eigenvalue weighted by molar-refractivity contribution is -0.121. The first-order chi connectivity index (χ1) is 5.83. The Morgan fingerprint density at radius 1 is 1.54 bits per heavy atom. The highest BCUT2D eigenvalue weighted by atomic mass is 19.3. The molecule has 0 N–H and O–H groups in total. The number of hydrogen-bond acceptors (Lipinski definition) is 2. The highest BCUT2D eigenvalue weighted by Gasteiger charge is 2.47. The van der Waals surface area contributed by atoms with Crippen LogP contribution >= 0.6 is 0 Å². The van der Waals surface area contributed by atoms with E-state index in [0.717, 1.165) is 0 Å². The van der Waals surface area contributed by atoms with E-state index in [1.165, 1.54) is 6.92 Å². The van der Waals surface area contributed by atoms with Crippen LogP contribution in [0, 0.1) is 0 Å². The van der Waals surface area contributed by atoms with Crippen LogP contribution in [0.25, 0.3) is 0 Å². The fourth-order valence-electron chi connectivity index (χ4n) is 1.76. The van der Waals surface area contributed by atoms with Crippen LogP contribution in [-0.4, -0.2) is 35.2 Å². The van der Waals surface area contributed by atoms with E-state index in [2.05, 4.69) is 0 Å². The molecule has 13 heavy (non-hydrogen) atoms. The van der Waals surface area contributed by atoms with Crippen LogP contribution in [0.15, 0.2) is 0 Å². The maximum absolute atomic E-state index is 13.0. The number of Topliss-reactive ketones (excluding diaryl/α,β-unsaturated/α-hetero) is 1. The summed E-state index contributed by atoms with van der Waals surface area (Å²) in [5.41, 5.74) is 0. The SMILES string of the molecule is CC(=O)C1CC(F)(F)CN1C(C)C. The maximum Gasteiger partial charge on any atom is 0.262 e. The van der Waals surface area contributed by atoms with Crippen LogP contribution in [0.2, 0.25) is 0 Å². The average molecular weight is 191 g/mol. The molecule has 1 fully saturated rings. The van der Waals surface area contributed by atoms with Crippen molar-refractivity contribution in [1.29, 1.82) is 0 Å². The Morgan fingerprint density at radius 3 is 2.38 bits per heavy atom. The van der Waals surface area contributed by atoms with Gasteiger partial charge in [0.25, 0.3) is 5.92 Å². The molecule has 1 unspecified atom stereocenters. The van der Waals surface area contributed by atoms with E-state index in [1.807, 2.05) is 13.8 Å². The van der Waals surface area contributed by atoms with E-state index in [-0.39, 0.29) is 24.8 Å². The third kappa shape index (κ3) is 2.24. The second-order valence-corrected chi connectivity index (χ2v) is 3.95. The van der Waals surface area contributed by atoms with Gasteiger partial charge in [0.15, 0.2) is 0 Å². The number of rotatable bonds is 2. The summed E-state index contributed by atoms with van der Waals surface area (Å²) < 4.78 is 25.9. The molecular formula is C9H15F2NO. The molecule has 0 aromatic carbocycles. The molecule has 0 aromatic rings. The molecule has 0 bridgehead atoms. The number of carbonyl (C=O) groups is 1. The highest BCUT2D eigenvalue weighted by Crippen LogP contribution is 2.33. The monoisotopic (exact) mass is 191 g/mol. The van der Waals surface area contributed by atoms with E-state index < -0.39 is 12.0 Å². The van der Waals surface area contributed by atoms with Crippen LogP contribution < -0.4 is 0 Å². The van der Waals surface area contributed by atoms with Gasteiger partial charge in [0.1, 0.15) is 5.78 Å². The van der Waals surface area contributed by atoms with Gasteiger partial charge in [-0.2, -0.15) is 0 Å². The molecule has 1 atom stereocenters. The minimum absolute atomic E-state index is 0.00211. The number of hydrogen-bond donors (Lipinski definition) is 0. The van der Waals surface area contributed by atoms with Crippen molar-refractivity contribution < 1.29 is 13.6 Å². The van der Waals surface area contributed by atoms with E-state index in [9.17, 15) is 13.6 Å². The molecular weight excluding hydrogens is 176 g/mol. The predicted octanol–water partition coefficient (Wildman–Crippen LogP) is 1.69. The molecule has 0 saturated carbocycles. The Morgan fingerprint density at radius 2 is 2.08 bits per heavy atom. The Labute approximate surface area is 76.9 Å². The predicted molar refractivity (Wildman–Crippen MR) is 45.9 cm³/mol. The standard InChI is InChI=1S/C9H15F2NO/c1-6(2)12-5-9(10,11)4-8(12)7(3)13/h6,8H,4-5H2,1-3H3. The van der Waals surface area contributed by atoms with Crippen LogP contribution in [0.1, 0.15) is 27.2 Å². The molecule has 0 aromatic heterocycles. The molecule has 1 aliphatic heterocycles. The molecule has 1 heterocycles. The smallest absolute Gasteiger partial charge is 0.262 e. The topological polar surface area (TPSA) is 20.3 Å². The summed E-state index contributed by atoms with van der Waals surface area (Å²) in [7, 11) is 0. The normalized spacial score (nSPS) is 28.3. The molecule has 76 valence electrons. The van der Waals surface area contributed by atoms with Gasteiger partial charge >= 0.3 is 0 Å². The third-order valence-corrected chi connectivity index (χ3v) is 2.44. The van der Waals surface area contributed by atoms with Gasteiger partial charge in [-0.1, -0.05) is 0 Å². The first kappa shape index (κ1) is 10.6. The quantitative estimate of drug-likeness (QED) is 0.662. The molecule has 0 spiro atoms. The van der Waals surface area contributed by atoms with Crippen LogP contribution in [0.4, 0.5) is 8.78 Å². The zero-order valence-electron chi connectivity index (χ0n) is 8.18. The van der Waals surface area contributed by atoms with Crippen molar-refractivity contribution in [2.45, 2.75) is 45.2 Å². The van der Waals surface area contributed by atoms with Crippen molar-refractivity contribution in [3.05, 3.63) is 0 Å². The lowest BCUT2D eigenvalue weighted by Gasteiger charge is -2.25. The lowest BCUT2D eigenvalue weighted by Crippen LogP contribution is -2.39. The maximum atomic E-state index is 13.0. The van der Waals surface area contributed by atoms with Gasteiger partial charge in [-0.25, -0.2) is 8.78 Å². The molecule has 1 rings (SSSR count). The number of halogens is 2. The van der Waals surface area contributed by atoms with Gasteiger partial charge in [0, 0.05) is 12.5 Å². The summed E-state index contributed by atoms with van der Waals surface area (Å²) >= 11 is 0. The average Bonchev–Trinajstić information content (AvgIpc) is 2.26. The molecule has 0 radical (unpaired) electrons. The molecule has 0 amide bonds. The lowest BCUT2D eigenvalue weighted by atomic mass is 10.1.